The third kappa shape index (κ3) is 5.07. The van der Waals surface area contributed by atoms with Crippen molar-refractivity contribution in [1.29, 1.82) is 0 Å². The highest BCUT2D eigenvalue weighted by Gasteiger charge is 2.40. The van der Waals surface area contributed by atoms with Crippen molar-refractivity contribution >= 4 is 23.3 Å². The minimum Gasteiger partial charge on any atom is -0.362 e. The summed E-state index contributed by atoms with van der Waals surface area (Å²) in [7, 11) is 3.32. The van der Waals surface area contributed by atoms with E-state index in [1.165, 1.54) is 9.58 Å². The largest absolute Gasteiger partial charge is 0.435 e. The third-order valence-corrected chi connectivity index (χ3v) is 5.12. The summed E-state index contributed by atoms with van der Waals surface area (Å²) < 4.78 is 43.3. The molecule has 0 N–H and O–H groups in total. The highest BCUT2D eigenvalue weighted by atomic mass is 35.5. The molecule has 0 unspecified atom stereocenters. The molecular formula is C23H24ClF3N4O. The maximum absolute atomic E-state index is 14.0. The van der Waals surface area contributed by atoms with Crippen LogP contribution in [-0.4, -0.2) is 41.2 Å². The summed E-state index contributed by atoms with van der Waals surface area (Å²) in [4.78, 5) is 16.1. The smallest absolute Gasteiger partial charge is 0.362 e. The molecular weight excluding hydrogens is 441 g/mol. The molecule has 32 heavy (non-hydrogen) atoms. The maximum Gasteiger partial charge on any atom is 0.435 e. The van der Waals surface area contributed by atoms with E-state index in [2.05, 4.69) is 5.10 Å². The number of para-hydroxylation sites is 1. The lowest BCUT2D eigenvalue weighted by molar-refractivity contribution is -0.142. The van der Waals surface area contributed by atoms with E-state index in [-0.39, 0.29) is 23.8 Å². The molecule has 170 valence electrons. The van der Waals surface area contributed by atoms with Gasteiger partial charge in [-0.2, -0.15) is 18.3 Å². The molecule has 0 radical (unpaired) electrons. The van der Waals surface area contributed by atoms with Gasteiger partial charge in [0.2, 0.25) is 0 Å². The number of hydrogen-bond donors (Lipinski definition) is 0. The highest BCUT2D eigenvalue weighted by Crippen LogP contribution is 2.37. The van der Waals surface area contributed by atoms with Crippen LogP contribution in [0.4, 0.5) is 19.0 Å². The van der Waals surface area contributed by atoms with E-state index in [1.807, 2.05) is 6.92 Å². The van der Waals surface area contributed by atoms with Gasteiger partial charge in [-0.1, -0.05) is 36.7 Å². The van der Waals surface area contributed by atoms with Crippen LogP contribution >= 0.6 is 11.6 Å². The molecule has 1 aromatic heterocycles. The first-order valence-electron chi connectivity index (χ1n) is 10.1. The summed E-state index contributed by atoms with van der Waals surface area (Å²) in [5, 5.41) is 4.40. The number of hydrogen-bond acceptors (Lipinski definition) is 3. The van der Waals surface area contributed by atoms with Gasteiger partial charge in [-0.3, -0.25) is 4.79 Å². The summed E-state index contributed by atoms with van der Waals surface area (Å²) in [6.07, 6.45) is -4.09. The van der Waals surface area contributed by atoms with Crippen molar-refractivity contribution in [1.82, 2.24) is 14.7 Å². The SMILES string of the molecule is CCCN(Cc1c(C(F)(F)F)nn(-c2ccccc2)c1N(C)C)C(=O)c1ccc(Cl)cc1. The monoisotopic (exact) mass is 464 g/mol. The molecule has 1 amide bonds. The number of rotatable bonds is 7. The Morgan fingerprint density at radius 2 is 1.69 bits per heavy atom. The van der Waals surface area contributed by atoms with E-state index in [9.17, 15) is 18.0 Å². The summed E-state index contributed by atoms with van der Waals surface area (Å²) >= 11 is 5.91. The molecule has 3 aromatic rings. The lowest BCUT2D eigenvalue weighted by atomic mass is 10.1. The molecule has 1 heterocycles. The van der Waals surface area contributed by atoms with Gasteiger partial charge in [-0.05, 0) is 42.8 Å². The molecule has 0 spiro atoms. The highest BCUT2D eigenvalue weighted by molar-refractivity contribution is 6.30. The van der Waals surface area contributed by atoms with Gasteiger partial charge in [0.25, 0.3) is 5.91 Å². The van der Waals surface area contributed by atoms with E-state index in [0.717, 1.165) is 0 Å². The van der Waals surface area contributed by atoms with Crippen molar-refractivity contribution < 1.29 is 18.0 Å². The Morgan fingerprint density at radius 3 is 2.22 bits per heavy atom. The third-order valence-electron chi connectivity index (χ3n) is 4.87. The standard InChI is InChI=1S/C23H24ClF3N4O/c1-4-14-30(22(32)16-10-12-17(24)13-11-16)15-19-20(23(25,26)27)28-31(21(19)29(2)3)18-8-6-5-7-9-18/h5-13H,4,14-15H2,1-3H3. The summed E-state index contributed by atoms with van der Waals surface area (Å²) in [6, 6.07) is 14.9. The first kappa shape index (κ1) is 23.7. The molecule has 0 fully saturated rings. The summed E-state index contributed by atoms with van der Waals surface area (Å²) in [5.74, 6) is -0.0951. The van der Waals surface area contributed by atoms with Gasteiger partial charge in [-0.25, -0.2) is 4.68 Å². The zero-order valence-electron chi connectivity index (χ0n) is 18.0. The summed E-state index contributed by atoms with van der Waals surface area (Å²) in [5.41, 5.74) is -0.200. The predicted molar refractivity (Wildman–Crippen MR) is 119 cm³/mol. The number of carbonyl (C=O) groups excluding carboxylic acids is 1. The fraction of sp³-hybridized carbons (Fsp3) is 0.304. The van der Waals surface area contributed by atoms with Crippen LogP contribution in [0.1, 0.15) is 35.0 Å². The average Bonchev–Trinajstić information content (AvgIpc) is 3.14. The number of anilines is 1. The second-order valence-electron chi connectivity index (χ2n) is 7.52. The number of nitrogens with zero attached hydrogens (tertiary/aromatic N) is 4. The molecule has 0 atom stereocenters. The lowest BCUT2D eigenvalue weighted by Crippen LogP contribution is -2.32. The molecule has 0 aliphatic rings. The molecule has 0 aliphatic carbocycles. The fourth-order valence-corrected chi connectivity index (χ4v) is 3.64. The lowest BCUT2D eigenvalue weighted by Gasteiger charge is -2.25. The van der Waals surface area contributed by atoms with Crippen LogP contribution in [0, 0.1) is 0 Å². The Kier molecular flexibility index (Phi) is 7.13. The molecule has 0 bridgehead atoms. The van der Waals surface area contributed by atoms with Gasteiger partial charge in [0.15, 0.2) is 5.69 Å². The van der Waals surface area contributed by atoms with Crippen molar-refractivity contribution in [3.8, 4) is 5.69 Å². The van der Waals surface area contributed by atoms with E-state index < -0.39 is 11.9 Å². The second kappa shape index (κ2) is 9.65. The minimum absolute atomic E-state index is 0.0536. The number of carbonyl (C=O) groups is 1. The van der Waals surface area contributed by atoms with Gasteiger partial charge in [0.05, 0.1) is 12.2 Å². The number of alkyl halides is 3. The van der Waals surface area contributed by atoms with Crippen LogP contribution in [0.25, 0.3) is 5.69 Å². The van der Waals surface area contributed by atoms with Gasteiger partial charge < -0.3 is 9.80 Å². The minimum atomic E-state index is -4.68. The molecule has 0 saturated carbocycles. The Bertz CT molecular complexity index is 1060. The Balaban J connectivity index is 2.12. The predicted octanol–water partition coefficient (Wildman–Crippen LogP) is 5.66. The Hall–Kier alpha value is -3.00. The molecule has 3 rings (SSSR count). The van der Waals surface area contributed by atoms with E-state index in [0.29, 0.717) is 29.2 Å². The van der Waals surface area contributed by atoms with Crippen LogP contribution in [0.5, 0.6) is 0 Å². The van der Waals surface area contributed by atoms with Crippen molar-refractivity contribution in [2.75, 3.05) is 25.5 Å². The Labute approximate surface area is 190 Å². The Morgan fingerprint density at radius 1 is 1.06 bits per heavy atom. The van der Waals surface area contributed by atoms with Crippen LogP contribution in [0.3, 0.4) is 0 Å². The molecule has 5 nitrogen and oxygen atoms in total. The normalized spacial score (nSPS) is 11.5. The maximum atomic E-state index is 14.0. The zero-order chi connectivity index (χ0) is 23.5. The van der Waals surface area contributed by atoms with Crippen molar-refractivity contribution in [2.45, 2.75) is 26.1 Å². The van der Waals surface area contributed by atoms with E-state index in [1.54, 1.807) is 73.6 Å². The first-order chi connectivity index (χ1) is 15.1. The van der Waals surface area contributed by atoms with E-state index in [4.69, 9.17) is 11.6 Å². The molecule has 2 aromatic carbocycles. The topological polar surface area (TPSA) is 41.4 Å². The van der Waals surface area contributed by atoms with Crippen molar-refractivity contribution in [2.24, 2.45) is 0 Å². The average molecular weight is 465 g/mol. The van der Waals surface area contributed by atoms with Crippen LogP contribution in [0.2, 0.25) is 5.02 Å². The fourth-order valence-electron chi connectivity index (χ4n) is 3.51. The zero-order valence-corrected chi connectivity index (χ0v) is 18.8. The first-order valence-corrected chi connectivity index (χ1v) is 10.5. The van der Waals surface area contributed by atoms with Gasteiger partial charge >= 0.3 is 6.18 Å². The number of amides is 1. The van der Waals surface area contributed by atoms with Crippen LogP contribution in [-0.2, 0) is 12.7 Å². The van der Waals surface area contributed by atoms with Gasteiger partial charge in [-0.15, -0.1) is 0 Å². The number of benzene rings is 2. The molecule has 0 aliphatic heterocycles. The van der Waals surface area contributed by atoms with Crippen molar-refractivity contribution in [3.63, 3.8) is 0 Å². The molecule has 9 heteroatoms. The van der Waals surface area contributed by atoms with Gasteiger partial charge in [0.1, 0.15) is 5.82 Å². The van der Waals surface area contributed by atoms with Crippen LogP contribution in [0.15, 0.2) is 54.6 Å². The van der Waals surface area contributed by atoms with Gasteiger partial charge in [0, 0.05) is 36.8 Å². The van der Waals surface area contributed by atoms with E-state index >= 15 is 0 Å². The number of halogens is 4. The quantitative estimate of drug-likeness (QED) is 0.453. The number of aromatic nitrogens is 2. The summed E-state index contributed by atoms with van der Waals surface area (Å²) in [6.45, 7) is 1.93. The van der Waals surface area contributed by atoms with Crippen molar-refractivity contribution in [3.05, 3.63) is 76.4 Å². The van der Waals surface area contributed by atoms with Crippen LogP contribution < -0.4 is 4.90 Å². The molecule has 0 saturated heterocycles. The second-order valence-corrected chi connectivity index (χ2v) is 7.96.